The predicted molar refractivity (Wildman–Crippen MR) is 46.9 cm³/mol. The Morgan fingerprint density at radius 1 is 1.42 bits per heavy atom. The van der Waals surface area contributed by atoms with Crippen LogP contribution >= 0.6 is 0 Å². The van der Waals surface area contributed by atoms with E-state index in [4.69, 9.17) is 0 Å². The first kappa shape index (κ1) is 6.61. The van der Waals surface area contributed by atoms with Crippen molar-refractivity contribution in [1.82, 2.24) is 10.3 Å². The first-order valence-corrected chi connectivity index (χ1v) is 4.53. The summed E-state index contributed by atoms with van der Waals surface area (Å²) in [4.78, 5) is 4.05. The third-order valence-corrected chi connectivity index (χ3v) is 3.32. The topological polar surface area (TPSA) is 24.9 Å². The molecule has 1 saturated carbocycles. The molecule has 62 valence electrons. The van der Waals surface area contributed by atoms with Gasteiger partial charge in [0.05, 0.1) is 0 Å². The molecule has 1 N–H and O–H groups in total. The smallest absolute Gasteiger partial charge is 0.0270 e. The molecule has 1 aliphatic heterocycles. The van der Waals surface area contributed by atoms with Gasteiger partial charge in [0.25, 0.3) is 0 Å². The average Bonchev–Trinajstić information content (AvgIpc) is 2.72. The van der Waals surface area contributed by atoms with E-state index >= 15 is 0 Å². The van der Waals surface area contributed by atoms with Crippen LogP contribution in [-0.4, -0.2) is 18.1 Å². The van der Waals surface area contributed by atoms with Crippen LogP contribution in [0.3, 0.4) is 0 Å². The van der Waals surface area contributed by atoms with E-state index in [0.29, 0.717) is 5.41 Å². The number of nitrogens with zero attached hydrogens (tertiary/aromatic N) is 1. The van der Waals surface area contributed by atoms with Gasteiger partial charge in [0.1, 0.15) is 0 Å². The Labute approximate surface area is 72.0 Å². The molecule has 0 bridgehead atoms. The minimum absolute atomic E-state index is 0.503. The summed E-state index contributed by atoms with van der Waals surface area (Å²) >= 11 is 0. The molecular formula is C10H12N2. The van der Waals surface area contributed by atoms with Crippen LogP contribution in [0, 0.1) is 5.92 Å². The van der Waals surface area contributed by atoms with Crippen LogP contribution in [0.5, 0.6) is 0 Å². The van der Waals surface area contributed by atoms with E-state index in [1.54, 1.807) is 0 Å². The quantitative estimate of drug-likeness (QED) is 0.661. The monoisotopic (exact) mass is 160 g/mol. The largest absolute Gasteiger partial charge is 0.316 e. The van der Waals surface area contributed by atoms with Crippen molar-refractivity contribution in [2.45, 2.75) is 11.8 Å². The lowest BCUT2D eigenvalue weighted by Crippen LogP contribution is -2.19. The van der Waals surface area contributed by atoms with Gasteiger partial charge in [0, 0.05) is 24.4 Å². The molecule has 2 atom stereocenters. The second kappa shape index (κ2) is 2.07. The summed E-state index contributed by atoms with van der Waals surface area (Å²) in [6.07, 6.45) is 5.18. The van der Waals surface area contributed by atoms with Crippen molar-refractivity contribution < 1.29 is 0 Å². The fraction of sp³-hybridized carbons (Fsp3) is 0.500. The highest BCUT2D eigenvalue weighted by Crippen LogP contribution is 2.56. The summed E-state index contributed by atoms with van der Waals surface area (Å²) < 4.78 is 0. The van der Waals surface area contributed by atoms with Crippen LogP contribution in [0.25, 0.3) is 0 Å². The van der Waals surface area contributed by atoms with E-state index in [1.807, 2.05) is 12.4 Å². The van der Waals surface area contributed by atoms with Gasteiger partial charge in [0.2, 0.25) is 0 Å². The zero-order valence-electron chi connectivity index (χ0n) is 6.96. The van der Waals surface area contributed by atoms with Gasteiger partial charge in [-0.15, -0.1) is 0 Å². The molecule has 2 aliphatic rings. The lowest BCUT2D eigenvalue weighted by molar-refractivity contribution is 0.675. The van der Waals surface area contributed by atoms with E-state index in [9.17, 15) is 0 Å². The second-order valence-corrected chi connectivity index (χ2v) is 3.92. The highest BCUT2D eigenvalue weighted by molar-refractivity contribution is 5.35. The zero-order chi connectivity index (χ0) is 8.02. The maximum atomic E-state index is 4.05. The number of piperidine rings is 1. The average molecular weight is 160 g/mol. The lowest BCUT2D eigenvalue weighted by atomic mass is 9.96. The van der Waals surface area contributed by atoms with Gasteiger partial charge in [-0.2, -0.15) is 0 Å². The molecule has 0 spiro atoms. The molecule has 2 heterocycles. The van der Waals surface area contributed by atoms with E-state index < -0.39 is 0 Å². The van der Waals surface area contributed by atoms with Gasteiger partial charge in [-0.25, -0.2) is 0 Å². The molecule has 0 radical (unpaired) electrons. The Morgan fingerprint density at radius 3 is 2.83 bits per heavy atom. The normalized spacial score (nSPS) is 37.8. The summed E-state index contributed by atoms with van der Waals surface area (Å²) in [7, 11) is 0. The summed E-state index contributed by atoms with van der Waals surface area (Å²) in [5.74, 6) is 0.903. The molecule has 0 unspecified atom stereocenters. The molecule has 1 aromatic rings. The van der Waals surface area contributed by atoms with Crippen LogP contribution in [-0.2, 0) is 5.41 Å². The fourth-order valence-electron chi connectivity index (χ4n) is 2.47. The molecular weight excluding hydrogens is 148 g/mol. The van der Waals surface area contributed by atoms with Crippen molar-refractivity contribution in [1.29, 1.82) is 0 Å². The Kier molecular flexibility index (Phi) is 1.14. The molecule has 12 heavy (non-hydrogen) atoms. The van der Waals surface area contributed by atoms with E-state index in [0.717, 1.165) is 5.92 Å². The van der Waals surface area contributed by atoms with Gasteiger partial charge < -0.3 is 5.32 Å². The van der Waals surface area contributed by atoms with Crippen molar-refractivity contribution >= 4 is 0 Å². The summed E-state index contributed by atoms with van der Waals surface area (Å²) in [6, 6.07) is 4.32. The lowest BCUT2D eigenvalue weighted by Gasteiger charge is -2.10. The van der Waals surface area contributed by atoms with Crippen LogP contribution in [0.4, 0.5) is 0 Å². The van der Waals surface area contributed by atoms with E-state index in [-0.39, 0.29) is 0 Å². The summed E-state index contributed by atoms with van der Waals surface area (Å²) in [5.41, 5.74) is 1.98. The highest BCUT2D eigenvalue weighted by Gasteiger charge is 2.57. The molecule has 2 nitrogen and oxygen atoms in total. The van der Waals surface area contributed by atoms with Gasteiger partial charge in [-0.3, -0.25) is 4.98 Å². The van der Waals surface area contributed by atoms with Gasteiger partial charge in [-0.1, -0.05) is 0 Å². The number of nitrogens with one attached hydrogen (secondary N) is 1. The molecule has 1 saturated heterocycles. The van der Waals surface area contributed by atoms with Crippen molar-refractivity contribution in [3.63, 3.8) is 0 Å². The van der Waals surface area contributed by atoms with E-state index in [2.05, 4.69) is 22.4 Å². The Morgan fingerprint density at radius 2 is 2.25 bits per heavy atom. The second-order valence-electron chi connectivity index (χ2n) is 3.92. The molecule has 1 aromatic heterocycles. The van der Waals surface area contributed by atoms with Gasteiger partial charge in [0.15, 0.2) is 0 Å². The first-order chi connectivity index (χ1) is 5.92. The maximum Gasteiger partial charge on any atom is 0.0270 e. The number of hydrogen-bond donors (Lipinski definition) is 1. The Hall–Kier alpha value is -0.890. The van der Waals surface area contributed by atoms with Crippen molar-refractivity contribution in [2.24, 2.45) is 5.92 Å². The van der Waals surface area contributed by atoms with Crippen molar-refractivity contribution in [3.8, 4) is 0 Å². The maximum absolute atomic E-state index is 4.05. The van der Waals surface area contributed by atoms with Crippen molar-refractivity contribution in [2.75, 3.05) is 13.1 Å². The molecule has 0 aromatic carbocycles. The number of fused-ring (bicyclic) bond motifs is 1. The third-order valence-electron chi connectivity index (χ3n) is 3.32. The summed E-state index contributed by atoms with van der Waals surface area (Å²) in [6.45, 7) is 2.38. The Bertz CT molecular complexity index is 296. The third kappa shape index (κ3) is 0.707. The highest BCUT2D eigenvalue weighted by atomic mass is 15.0. The predicted octanol–water partition coefficient (Wildman–Crippen LogP) is 0.942. The number of aromatic nitrogens is 1. The van der Waals surface area contributed by atoms with Crippen LogP contribution in [0.15, 0.2) is 24.5 Å². The molecule has 3 rings (SSSR count). The standard InChI is InChI=1S/C10H12N2/c1-3-11-4-2-8(1)10-5-9(10)6-12-7-10/h1-4,9,12H,5-7H2/t9-,10-/m0/s1. The molecule has 1 aliphatic carbocycles. The van der Waals surface area contributed by atoms with Crippen LogP contribution in [0.1, 0.15) is 12.0 Å². The Balaban J connectivity index is 2.00. The van der Waals surface area contributed by atoms with Crippen LogP contribution < -0.4 is 5.32 Å². The van der Waals surface area contributed by atoms with Crippen LogP contribution in [0.2, 0.25) is 0 Å². The fourth-order valence-corrected chi connectivity index (χ4v) is 2.47. The number of pyridine rings is 1. The van der Waals surface area contributed by atoms with Crippen molar-refractivity contribution in [3.05, 3.63) is 30.1 Å². The summed E-state index contributed by atoms with van der Waals surface area (Å²) in [5, 5.41) is 3.44. The molecule has 0 amide bonds. The molecule has 2 heteroatoms. The zero-order valence-corrected chi connectivity index (χ0v) is 6.96. The minimum Gasteiger partial charge on any atom is -0.316 e. The first-order valence-electron chi connectivity index (χ1n) is 4.53. The van der Waals surface area contributed by atoms with E-state index in [1.165, 1.54) is 25.1 Å². The van der Waals surface area contributed by atoms with Gasteiger partial charge >= 0.3 is 0 Å². The number of hydrogen-bond acceptors (Lipinski definition) is 2. The number of rotatable bonds is 1. The van der Waals surface area contributed by atoms with Gasteiger partial charge in [-0.05, 0) is 36.6 Å². The SMILES string of the molecule is c1cc([C@]23CNC[C@@H]2C3)ccn1. The minimum atomic E-state index is 0.503. The molecule has 2 fully saturated rings.